The summed E-state index contributed by atoms with van der Waals surface area (Å²) in [5.41, 5.74) is 0. The summed E-state index contributed by atoms with van der Waals surface area (Å²) in [5, 5.41) is 34.7. The minimum absolute atomic E-state index is 0.363. The number of hydrogen-bond donors (Lipinski definition) is 4. The van der Waals surface area contributed by atoms with Crippen LogP contribution < -0.4 is 0 Å². The van der Waals surface area contributed by atoms with E-state index in [0.717, 1.165) is 25.7 Å². The van der Waals surface area contributed by atoms with Crippen molar-refractivity contribution in [2.75, 3.05) is 26.4 Å². The summed E-state index contributed by atoms with van der Waals surface area (Å²) < 4.78 is 0. The summed E-state index contributed by atoms with van der Waals surface area (Å²) in [5.74, 6) is 0. The van der Waals surface area contributed by atoms with Gasteiger partial charge in [-0.15, -0.1) is 0 Å². The van der Waals surface area contributed by atoms with Gasteiger partial charge in [-0.1, -0.05) is 193 Å². The predicted octanol–water partition coefficient (Wildman–Crippen LogP) is 11.2. The zero-order valence-corrected chi connectivity index (χ0v) is 28.7. The molecule has 0 unspecified atom stereocenters. The molecule has 4 N–H and O–H groups in total. The van der Waals surface area contributed by atoms with Crippen LogP contribution in [0.3, 0.4) is 0 Å². The standard InChI is InChI=1S/C20H42O2.C18H38O2/c21-19-17-15-13-11-9-7-5-3-1-2-4-6-8-10-12-14-16-18-20-22;19-17-15-13-11-9-7-5-3-1-2-4-6-8-10-12-14-16-18-20/h21-22H,1-20H2;19-20H,1-18H2. The van der Waals surface area contributed by atoms with Crippen LogP contribution in [0.4, 0.5) is 0 Å². The highest BCUT2D eigenvalue weighted by molar-refractivity contribution is 4.52. The number of aliphatic hydroxyl groups is 4. The first-order valence-electron chi connectivity index (χ1n) is 19.3. The molecule has 0 bridgehead atoms. The molecule has 0 aliphatic rings. The zero-order valence-electron chi connectivity index (χ0n) is 28.7. The molecule has 0 aliphatic carbocycles. The van der Waals surface area contributed by atoms with Crippen LogP contribution in [0.15, 0.2) is 0 Å². The van der Waals surface area contributed by atoms with Crippen molar-refractivity contribution in [1.82, 2.24) is 0 Å². The van der Waals surface area contributed by atoms with E-state index in [-0.39, 0.29) is 0 Å². The fourth-order valence-electron chi connectivity index (χ4n) is 5.75. The molecule has 0 atom stereocenters. The fourth-order valence-corrected chi connectivity index (χ4v) is 5.75. The van der Waals surface area contributed by atoms with Gasteiger partial charge in [0.2, 0.25) is 0 Å². The first-order valence-corrected chi connectivity index (χ1v) is 19.3. The van der Waals surface area contributed by atoms with Crippen LogP contribution in [0.1, 0.15) is 218 Å². The Morgan fingerprint density at radius 1 is 0.119 bits per heavy atom. The zero-order chi connectivity index (χ0) is 30.9. The highest BCUT2D eigenvalue weighted by atomic mass is 16.3. The normalized spacial score (nSPS) is 11.1. The Morgan fingerprint density at radius 2 is 0.190 bits per heavy atom. The van der Waals surface area contributed by atoms with Crippen molar-refractivity contribution in [3.05, 3.63) is 0 Å². The molecule has 0 spiro atoms. The van der Waals surface area contributed by atoms with Crippen LogP contribution in [-0.4, -0.2) is 46.9 Å². The van der Waals surface area contributed by atoms with Crippen LogP contribution >= 0.6 is 0 Å². The monoisotopic (exact) mass is 601 g/mol. The van der Waals surface area contributed by atoms with Gasteiger partial charge in [0.25, 0.3) is 0 Å². The van der Waals surface area contributed by atoms with Gasteiger partial charge >= 0.3 is 0 Å². The van der Waals surface area contributed by atoms with Gasteiger partial charge in [0.15, 0.2) is 0 Å². The lowest BCUT2D eigenvalue weighted by atomic mass is 10.0. The number of hydrogen-bond acceptors (Lipinski definition) is 4. The summed E-state index contributed by atoms with van der Waals surface area (Å²) >= 11 is 0. The molecular weight excluding hydrogens is 520 g/mol. The Labute approximate surface area is 264 Å². The van der Waals surface area contributed by atoms with Crippen molar-refractivity contribution in [3.8, 4) is 0 Å². The smallest absolute Gasteiger partial charge is 0.0431 e. The molecule has 0 aromatic rings. The largest absolute Gasteiger partial charge is 0.396 e. The van der Waals surface area contributed by atoms with Crippen molar-refractivity contribution in [2.24, 2.45) is 0 Å². The second kappa shape index (κ2) is 45.3. The molecular formula is C38H80O4. The molecule has 256 valence electrons. The van der Waals surface area contributed by atoms with E-state index in [1.165, 1.54) is 193 Å². The van der Waals surface area contributed by atoms with Gasteiger partial charge in [0, 0.05) is 26.4 Å². The second-order valence-electron chi connectivity index (χ2n) is 12.9. The summed E-state index contributed by atoms with van der Waals surface area (Å²) in [6, 6.07) is 0. The van der Waals surface area contributed by atoms with Crippen LogP contribution in [0.5, 0.6) is 0 Å². The molecule has 0 amide bonds. The Kier molecular flexibility index (Phi) is 47.4. The molecule has 4 nitrogen and oxygen atoms in total. The first kappa shape index (κ1) is 44.0. The van der Waals surface area contributed by atoms with E-state index in [9.17, 15) is 0 Å². The summed E-state index contributed by atoms with van der Waals surface area (Å²) in [4.78, 5) is 0. The van der Waals surface area contributed by atoms with Crippen molar-refractivity contribution in [1.29, 1.82) is 0 Å². The van der Waals surface area contributed by atoms with Gasteiger partial charge < -0.3 is 20.4 Å². The predicted molar refractivity (Wildman–Crippen MR) is 185 cm³/mol. The Morgan fingerprint density at radius 3 is 0.262 bits per heavy atom. The number of unbranched alkanes of at least 4 members (excludes halogenated alkanes) is 32. The van der Waals surface area contributed by atoms with E-state index in [4.69, 9.17) is 20.4 Å². The number of rotatable bonds is 36. The van der Waals surface area contributed by atoms with Gasteiger partial charge in [-0.3, -0.25) is 0 Å². The lowest BCUT2D eigenvalue weighted by Gasteiger charge is -2.03. The van der Waals surface area contributed by atoms with Gasteiger partial charge in [0.05, 0.1) is 0 Å². The minimum Gasteiger partial charge on any atom is -0.396 e. The molecule has 0 fully saturated rings. The van der Waals surface area contributed by atoms with Crippen molar-refractivity contribution in [3.63, 3.8) is 0 Å². The summed E-state index contributed by atoms with van der Waals surface area (Å²) in [6.07, 6.45) is 44.8. The third kappa shape index (κ3) is 46.8. The van der Waals surface area contributed by atoms with E-state index < -0.39 is 0 Å². The van der Waals surface area contributed by atoms with E-state index in [1.807, 2.05) is 0 Å². The molecule has 4 heteroatoms. The van der Waals surface area contributed by atoms with E-state index in [2.05, 4.69) is 0 Å². The minimum atomic E-state index is 0.363. The van der Waals surface area contributed by atoms with E-state index in [1.54, 1.807) is 0 Å². The topological polar surface area (TPSA) is 80.9 Å². The molecule has 0 aromatic carbocycles. The second-order valence-corrected chi connectivity index (χ2v) is 12.9. The third-order valence-electron chi connectivity index (χ3n) is 8.63. The van der Waals surface area contributed by atoms with Crippen LogP contribution in [0, 0.1) is 0 Å². The van der Waals surface area contributed by atoms with Gasteiger partial charge in [-0.25, -0.2) is 0 Å². The van der Waals surface area contributed by atoms with Crippen molar-refractivity contribution in [2.45, 2.75) is 218 Å². The highest BCUT2D eigenvalue weighted by Gasteiger charge is 1.96. The maximum absolute atomic E-state index is 8.69. The summed E-state index contributed by atoms with van der Waals surface area (Å²) in [7, 11) is 0. The van der Waals surface area contributed by atoms with Crippen molar-refractivity contribution < 1.29 is 20.4 Å². The van der Waals surface area contributed by atoms with Gasteiger partial charge in [-0.05, 0) is 25.7 Å². The fraction of sp³-hybridized carbons (Fsp3) is 1.00. The third-order valence-corrected chi connectivity index (χ3v) is 8.63. The Hall–Kier alpha value is -0.160. The molecule has 0 saturated carbocycles. The first-order chi connectivity index (χ1) is 20.8. The van der Waals surface area contributed by atoms with Crippen LogP contribution in [-0.2, 0) is 0 Å². The van der Waals surface area contributed by atoms with E-state index >= 15 is 0 Å². The molecule has 0 saturated heterocycles. The molecule has 0 aliphatic heterocycles. The highest BCUT2D eigenvalue weighted by Crippen LogP contribution is 2.15. The lowest BCUT2D eigenvalue weighted by Crippen LogP contribution is -1.85. The Balaban J connectivity index is 0. The number of aliphatic hydroxyl groups excluding tert-OH is 4. The molecule has 42 heavy (non-hydrogen) atoms. The maximum atomic E-state index is 8.69. The average molecular weight is 601 g/mol. The lowest BCUT2D eigenvalue weighted by molar-refractivity contribution is 0.282. The molecule has 0 rings (SSSR count). The SMILES string of the molecule is OCCCCCCCCCCCCCCCCCCCCO.OCCCCCCCCCCCCCCCCCCO. The maximum Gasteiger partial charge on any atom is 0.0431 e. The van der Waals surface area contributed by atoms with E-state index in [0.29, 0.717) is 26.4 Å². The quantitative estimate of drug-likeness (QED) is 0.0539. The van der Waals surface area contributed by atoms with Crippen LogP contribution in [0.2, 0.25) is 0 Å². The van der Waals surface area contributed by atoms with Crippen molar-refractivity contribution >= 4 is 0 Å². The Bertz CT molecular complexity index is 380. The molecule has 0 heterocycles. The average Bonchev–Trinajstić information content (AvgIpc) is 3.00. The van der Waals surface area contributed by atoms with Gasteiger partial charge in [0.1, 0.15) is 0 Å². The van der Waals surface area contributed by atoms with Crippen LogP contribution in [0.25, 0.3) is 0 Å². The molecule has 0 radical (unpaired) electrons. The molecule has 0 aromatic heterocycles. The summed E-state index contributed by atoms with van der Waals surface area (Å²) in [6.45, 7) is 1.45. The van der Waals surface area contributed by atoms with Gasteiger partial charge in [-0.2, -0.15) is 0 Å².